The molecule has 1 saturated heterocycles. The molecule has 1 atom stereocenters. The summed E-state index contributed by atoms with van der Waals surface area (Å²) in [6.45, 7) is 3.90. The maximum atomic E-state index is 2.49. The van der Waals surface area contributed by atoms with Gasteiger partial charge in [0.1, 0.15) is 0 Å². The molecule has 0 aromatic heterocycles. The molecule has 2 heteroatoms. The van der Waals surface area contributed by atoms with Gasteiger partial charge in [-0.15, -0.1) is 0 Å². The topological polar surface area (TPSA) is 6.48 Å². The van der Waals surface area contributed by atoms with Crippen molar-refractivity contribution in [3.8, 4) is 0 Å². The number of hydrogen-bond donors (Lipinski definition) is 0. The van der Waals surface area contributed by atoms with E-state index in [0.29, 0.717) is 0 Å². The van der Waals surface area contributed by atoms with E-state index in [2.05, 4.69) is 30.9 Å². The third-order valence-corrected chi connectivity index (χ3v) is 3.19. The van der Waals surface area contributed by atoms with Gasteiger partial charge in [-0.1, -0.05) is 6.42 Å². The first-order valence-corrected chi connectivity index (χ1v) is 6.02. The van der Waals surface area contributed by atoms with Gasteiger partial charge in [0.25, 0.3) is 0 Å². The summed E-state index contributed by atoms with van der Waals surface area (Å²) in [5.41, 5.74) is 0. The number of rotatable bonds is 5. The first kappa shape index (κ1) is 12.0. The second kappa shape index (κ2) is 6.41. The Hall–Kier alpha value is -0.0800. The fourth-order valence-electron chi connectivity index (χ4n) is 2.37. The molecule has 14 heavy (non-hydrogen) atoms. The Morgan fingerprint density at radius 2 is 2.07 bits per heavy atom. The number of unbranched alkanes of at least 4 members (excludes halogenated alkanes) is 1. The molecule has 1 unspecified atom stereocenters. The third kappa shape index (κ3) is 4.97. The lowest BCUT2D eigenvalue weighted by Gasteiger charge is -2.29. The van der Waals surface area contributed by atoms with Gasteiger partial charge in [0.05, 0.1) is 0 Å². The van der Waals surface area contributed by atoms with Crippen molar-refractivity contribution in [3.05, 3.63) is 0 Å². The predicted octanol–water partition coefficient (Wildman–Crippen LogP) is 2.06. The van der Waals surface area contributed by atoms with Gasteiger partial charge in [-0.2, -0.15) is 0 Å². The van der Waals surface area contributed by atoms with Gasteiger partial charge in [-0.05, 0) is 65.8 Å². The van der Waals surface area contributed by atoms with Crippen molar-refractivity contribution in [2.75, 3.05) is 40.8 Å². The minimum Gasteiger partial charge on any atom is -0.309 e. The van der Waals surface area contributed by atoms with Crippen LogP contribution in [0.4, 0.5) is 0 Å². The quantitative estimate of drug-likeness (QED) is 0.624. The summed E-state index contributed by atoms with van der Waals surface area (Å²) < 4.78 is 0. The highest BCUT2D eigenvalue weighted by Crippen LogP contribution is 2.20. The summed E-state index contributed by atoms with van der Waals surface area (Å²) in [5.74, 6) is 0.982. The van der Waals surface area contributed by atoms with Crippen LogP contribution in [0.1, 0.15) is 32.1 Å². The van der Waals surface area contributed by atoms with E-state index in [9.17, 15) is 0 Å². The fourth-order valence-corrected chi connectivity index (χ4v) is 2.37. The number of likely N-dealkylation sites (tertiary alicyclic amines) is 1. The number of nitrogens with zero attached hydrogens (tertiary/aromatic N) is 2. The molecule has 1 aliphatic rings. The summed E-state index contributed by atoms with van der Waals surface area (Å²) >= 11 is 0. The average Bonchev–Trinajstić information content (AvgIpc) is 2.12. The van der Waals surface area contributed by atoms with Crippen molar-refractivity contribution in [2.24, 2.45) is 5.92 Å². The minimum absolute atomic E-state index is 0.982. The highest BCUT2D eigenvalue weighted by Gasteiger charge is 2.16. The molecule has 0 amide bonds. The van der Waals surface area contributed by atoms with Gasteiger partial charge >= 0.3 is 0 Å². The van der Waals surface area contributed by atoms with Gasteiger partial charge in [-0.3, -0.25) is 0 Å². The summed E-state index contributed by atoms with van der Waals surface area (Å²) in [6.07, 6.45) is 7.10. The monoisotopic (exact) mass is 198 g/mol. The lowest BCUT2D eigenvalue weighted by molar-refractivity contribution is 0.198. The average molecular weight is 198 g/mol. The molecule has 1 aliphatic heterocycles. The second-order valence-corrected chi connectivity index (χ2v) is 5.07. The Labute approximate surface area is 89.3 Å². The summed E-state index contributed by atoms with van der Waals surface area (Å²) in [5, 5.41) is 0. The lowest BCUT2D eigenvalue weighted by Crippen LogP contribution is -2.32. The van der Waals surface area contributed by atoms with Crippen LogP contribution in [-0.2, 0) is 0 Å². The molecule has 0 aromatic carbocycles. The largest absolute Gasteiger partial charge is 0.309 e. The zero-order chi connectivity index (χ0) is 10.4. The van der Waals surface area contributed by atoms with Crippen LogP contribution in [0.5, 0.6) is 0 Å². The minimum atomic E-state index is 0.982. The van der Waals surface area contributed by atoms with Crippen LogP contribution in [-0.4, -0.2) is 50.6 Å². The van der Waals surface area contributed by atoms with Crippen molar-refractivity contribution in [1.82, 2.24) is 9.80 Å². The van der Waals surface area contributed by atoms with Gasteiger partial charge < -0.3 is 9.80 Å². The second-order valence-electron chi connectivity index (χ2n) is 5.07. The van der Waals surface area contributed by atoms with Crippen LogP contribution >= 0.6 is 0 Å². The zero-order valence-electron chi connectivity index (χ0n) is 10.1. The molecule has 1 heterocycles. The van der Waals surface area contributed by atoms with Crippen molar-refractivity contribution in [3.63, 3.8) is 0 Å². The molecule has 0 radical (unpaired) electrons. The Balaban J connectivity index is 2.00. The molecule has 1 rings (SSSR count). The van der Waals surface area contributed by atoms with Gasteiger partial charge in [0.15, 0.2) is 0 Å². The first-order chi connectivity index (χ1) is 6.68. The molecule has 0 saturated carbocycles. The Morgan fingerprint density at radius 1 is 1.29 bits per heavy atom. The highest BCUT2D eigenvalue weighted by molar-refractivity contribution is 4.70. The molecular weight excluding hydrogens is 172 g/mol. The smallest absolute Gasteiger partial charge is 0.000661 e. The van der Waals surface area contributed by atoms with E-state index >= 15 is 0 Å². The van der Waals surface area contributed by atoms with E-state index < -0.39 is 0 Å². The lowest BCUT2D eigenvalue weighted by atomic mass is 9.93. The maximum Gasteiger partial charge on any atom is 0.000661 e. The van der Waals surface area contributed by atoms with Crippen molar-refractivity contribution in [1.29, 1.82) is 0 Å². The molecule has 0 aromatic rings. The normalized spacial score (nSPS) is 24.4. The third-order valence-electron chi connectivity index (χ3n) is 3.19. The molecule has 0 aliphatic carbocycles. The summed E-state index contributed by atoms with van der Waals surface area (Å²) in [7, 11) is 6.58. The van der Waals surface area contributed by atoms with Crippen molar-refractivity contribution < 1.29 is 0 Å². The van der Waals surface area contributed by atoms with Crippen LogP contribution in [0, 0.1) is 5.92 Å². The van der Waals surface area contributed by atoms with E-state index in [-0.39, 0.29) is 0 Å². The number of piperidine rings is 1. The van der Waals surface area contributed by atoms with Gasteiger partial charge in [0, 0.05) is 6.54 Å². The summed E-state index contributed by atoms with van der Waals surface area (Å²) in [4.78, 5) is 4.77. The molecule has 0 spiro atoms. The molecule has 2 nitrogen and oxygen atoms in total. The highest BCUT2D eigenvalue weighted by atomic mass is 15.1. The van der Waals surface area contributed by atoms with E-state index in [4.69, 9.17) is 0 Å². The predicted molar refractivity (Wildman–Crippen MR) is 62.6 cm³/mol. The van der Waals surface area contributed by atoms with Gasteiger partial charge in [0.2, 0.25) is 0 Å². The summed E-state index contributed by atoms with van der Waals surface area (Å²) in [6, 6.07) is 0. The van der Waals surface area contributed by atoms with E-state index in [1.165, 1.54) is 51.7 Å². The standard InChI is InChI=1S/C12H26N2/c1-13(2)9-5-4-7-12-8-6-10-14(3)11-12/h12H,4-11H2,1-3H3. The van der Waals surface area contributed by atoms with Crippen molar-refractivity contribution >= 4 is 0 Å². The van der Waals surface area contributed by atoms with Crippen LogP contribution in [0.3, 0.4) is 0 Å². The van der Waals surface area contributed by atoms with Crippen LogP contribution in [0.2, 0.25) is 0 Å². The molecule has 0 bridgehead atoms. The maximum absolute atomic E-state index is 2.49. The molecule has 0 N–H and O–H groups in total. The molecular formula is C12H26N2. The Morgan fingerprint density at radius 3 is 2.71 bits per heavy atom. The van der Waals surface area contributed by atoms with E-state index in [1.54, 1.807) is 0 Å². The van der Waals surface area contributed by atoms with Crippen LogP contribution in [0.15, 0.2) is 0 Å². The SMILES string of the molecule is CN(C)CCCCC1CCCN(C)C1. The zero-order valence-corrected chi connectivity index (χ0v) is 10.1. The fraction of sp³-hybridized carbons (Fsp3) is 1.00. The van der Waals surface area contributed by atoms with Crippen LogP contribution in [0.25, 0.3) is 0 Å². The number of hydrogen-bond acceptors (Lipinski definition) is 2. The molecule has 84 valence electrons. The van der Waals surface area contributed by atoms with Gasteiger partial charge in [-0.25, -0.2) is 0 Å². The van der Waals surface area contributed by atoms with E-state index in [0.717, 1.165) is 5.92 Å². The molecule has 1 fully saturated rings. The Kier molecular flexibility index (Phi) is 5.49. The van der Waals surface area contributed by atoms with Crippen molar-refractivity contribution in [2.45, 2.75) is 32.1 Å². The first-order valence-electron chi connectivity index (χ1n) is 6.02. The Bertz CT molecular complexity index is 145. The van der Waals surface area contributed by atoms with Crippen LogP contribution < -0.4 is 0 Å². The van der Waals surface area contributed by atoms with E-state index in [1.807, 2.05) is 0 Å².